The van der Waals surface area contributed by atoms with E-state index in [0.717, 1.165) is 32.1 Å². The molecule has 1 saturated carbocycles. The molecule has 0 unspecified atom stereocenters. The lowest BCUT2D eigenvalue weighted by molar-refractivity contribution is -0.122. The van der Waals surface area contributed by atoms with Crippen LogP contribution in [0.3, 0.4) is 0 Å². The molecule has 4 nitrogen and oxygen atoms in total. The first-order valence-corrected chi connectivity index (χ1v) is 9.88. The van der Waals surface area contributed by atoms with Crippen molar-refractivity contribution in [3.05, 3.63) is 48.3 Å². The summed E-state index contributed by atoms with van der Waals surface area (Å²) in [5.41, 5.74) is 1.23. The highest BCUT2D eigenvalue weighted by molar-refractivity contribution is 7.98. The van der Waals surface area contributed by atoms with Crippen molar-refractivity contribution in [3.63, 3.8) is 0 Å². The molecule has 128 valence electrons. The third kappa shape index (κ3) is 4.63. The van der Waals surface area contributed by atoms with E-state index in [9.17, 15) is 4.79 Å². The van der Waals surface area contributed by atoms with E-state index in [1.54, 1.807) is 11.8 Å². The van der Waals surface area contributed by atoms with Crippen LogP contribution in [-0.2, 0) is 11.2 Å². The van der Waals surface area contributed by atoms with Gasteiger partial charge in [-0.25, -0.2) is 0 Å². The molecule has 1 amide bonds. The number of rotatable bonds is 6. The zero-order chi connectivity index (χ0) is 16.8. The molecule has 1 N–H and O–H groups in total. The summed E-state index contributed by atoms with van der Waals surface area (Å²) in [6.07, 6.45) is 11.6. The van der Waals surface area contributed by atoms with Crippen molar-refractivity contribution in [1.82, 2.24) is 15.1 Å². The van der Waals surface area contributed by atoms with Gasteiger partial charge in [-0.05, 0) is 62.1 Å². The van der Waals surface area contributed by atoms with Crippen LogP contribution in [0.2, 0.25) is 0 Å². The molecule has 1 aromatic carbocycles. The molecule has 3 rings (SSSR count). The SMILES string of the molecule is CSc1ccc(CCC(=O)NC2CCC(n3cccn3)CC2)cc1. The van der Waals surface area contributed by atoms with E-state index in [2.05, 4.69) is 45.6 Å². The zero-order valence-electron chi connectivity index (χ0n) is 14.1. The fraction of sp³-hybridized carbons (Fsp3) is 0.474. The first kappa shape index (κ1) is 17.1. The summed E-state index contributed by atoms with van der Waals surface area (Å²) in [5.74, 6) is 0.173. The first-order valence-electron chi connectivity index (χ1n) is 8.66. The van der Waals surface area contributed by atoms with Crippen molar-refractivity contribution < 1.29 is 4.79 Å². The maximum Gasteiger partial charge on any atom is 0.220 e. The van der Waals surface area contributed by atoms with Gasteiger partial charge >= 0.3 is 0 Å². The molecule has 0 saturated heterocycles. The molecule has 1 aliphatic carbocycles. The Bertz CT molecular complexity index is 631. The van der Waals surface area contributed by atoms with Gasteiger partial charge in [-0.15, -0.1) is 11.8 Å². The van der Waals surface area contributed by atoms with Crippen LogP contribution in [0, 0.1) is 0 Å². The Morgan fingerprint density at radius 1 is 1.25 bits per heavy atom. The number of aromatic nitrogens is 2. The Morgan fingerprint density at radius 3 is 2.62 bits per heavy atom. The molecule has 1 heterocycles. The van der Waals surface area contributed by atoms with Crippen molar-refractivity contribution in [2.45, 2.75) is 55.5 Å². The van der Waals surface area contributed by atoms with Gasteiger partial charge in [0.15, 0.2) is 0 Å². The molecule has 1 aromatic heterocycles. The highest BCUT2D eigenvalue weighted by Gasteiger charge is 2.23. The average molecular weight is 343 g/mol. The van der Waals surface area contributed by atoms with E-state index in [1.807, 2.05) is 18.5 Å². The molecule has 0 atom stereocenters. The molecule has 24 heavy (non-hydrogen) atoms. The lowest BCUT2D eigenvalue weighted by Crippen LogP contribution is -2.38. The summed E-state index contributed by atoms with van der Waals surface area (Å²) in [6, 6.07) is 11.3. The van der Waals surface area contributed by atoms with Gasteiger partial charge in [-0.2, -0.15) is 5.10 Å². The fourth-order valence-corrected chi connectivity index (χ4v) is 3.74. The summed E-state index contributed by atoms with van der Waals surface area (Å²) in [7, 11) is 0. The van der Waals surface area contributed by atoms with Gasteiger partial charge in [0.1, 0.15) is 0 Å². The van der Waals surface area contributed by atoms with Crippen LogP contribution in [0.25, 0.3) is 0 Å². The smallest absolute Gasteiger partial charge is 0.220 e. The van der Waals surface area contributed by atoms with Crippen molar-refractivity contribution in [2.75, 3.05) is 6.26 Å². The van der Waals surface area contributed by atoms with Gasteiger partial charge in [0, 0.05) is 29.8 Å². The van der Waals surface area contributed by atoms with E-state index in [-0.39, 0.29) is 5.91 Å². The monoisotopic (exact) mass is 343 g/mol. The number of thioether (sulfide) groups is 1. The Kier molecular flexibility index (Phi) is 5.96. The predicted octanol–water partition coefficient (Wildman–Crippen LogP) is 3.84. The summed E-state index contributed by atoms with van der Waals surface area (Å²) in [6.45, 7) is 0. The normalized spacial score (nSPS) is 20.7. The minimum atomic E-state index is 0.173. The molecule has 1 fully saturated rings. The second-order valence-corrected chi connectivity index (χ2v) is 7.29. The molecule has 5 heteroatoms. The quantitative estimate of drug-likeness (QED) is 0.811. The van der Waals surface area contributed by atoms with Gasteiger partial charge < -0.3 is 5.32 Å². The van der Waals surface area contributed by atoms with Gasteiger partial charge in [0.25, 0.3) is 0 Å². The number of amides is 1. The fourth-order valence-electron chi connectivity index (χ4n) is 3.33. The zero-order valence-corrected chi connectivity index (χ0v) is 15.0. The number of hydrogen-bond acceptors (Lipinski definition) is 3. The minimum absolute atomic E-state index is 0.173. The van der Waals surface area contributed by atoms with Gasteiger partial charge in [-0.3, -0.25) is 9.48 Å². The topological polar surface area (TPSA) is 46.9 Å². The number of benzene rings is 1. The van der Waals surface area contributed by atoms with Crippen molar-refractivity contribution in [1.29, 1.82) is 0 Å². The Hall–Kier alpha value is -1.75. The highest BCUT2D eigenvalue weighted by atomic mass is 32.2. The van der Waals surface area contributed by atoms with Crippen LogP contribution in [0.1, 0.15) is 43.7 Å². The number of carbonyl (C=O) groups is 1. The van der Waals surface area contributed by atoms with Crippen molar-refractivity contribution in [3.8, 4) is 0 Å². The lowest BCUT2D eigenvalue weighted by Gasteiger charge is -2.29. The Labute approximate surface area is 148 Å². The van der Waals surface area contributed by atoms with Crippen LogP contribution in [-0.4, -0.2) is 28.0 Å². The maximum atomic E-state index is 12.2. The van der Waals surface area contributed by atoms with E-state index in [1.165, 1.54) is 10.5 Å². The third-order valence-corrected chi connectivity index (χ3v) is 5.50. The van der Waals surface area contributed by atoms with E-state index < -0.39 is 0 Å². The maximum absolute atomic E-state index is 12.2. The van der Waals surface area contributed by atoms with E-state index >= 15 is 0 Å². The number of nitrogens with one attached hydrogen (secondary N) is 1. The molecular formula is C19H25N3OS. The summed E-state index contributed by atoms with van der Waals surface area (Å²) in [5, 5.41) is 7.53. The van der Waals surface area contributed by atoms with Crippen LogP contribution < -0.4 is 5.32 Å². The van der Waals surface area contributed by atoms with Gasteiger partial charge in [0.05, 0.1) is 6.04 Å². The molecule has 0 aliphatic heterocycles. The van der Waals surface area contributed by atoms with Crippen molar-refractivity contribution in [2.24, 2.45) is 0 Å². The van der Waals surface area contributed by atoms with Crippen LogP contribution >= 0.6 is 11.8 Å². The second kappa shape index (κ2) is 8.38. The van der Waals surface area contributed by atoms with E-state index in [4.69, 9.17) is 0 Å². The molecule has 0 bridgehead atoms. The van der Waals surface area contributed by atoms with E-state index in [0.29, 0.717) is 18.5 Å². The van der Waals surface area contributed by atoms with Crippen molar-refractivity contribution >= 4 is 17.7 Å². The largest absolute Gasteiger partial charge is 0.353 e. The number of nitrogens with zero attached hydrogens (tertiary/aromatic N) is 2. The highest BCUT2D eigenvalue weighted by Crippen LogP contribution is 2.27. The summed E-state index contributed by atoms with van der Waals surface area (Å²) >= 11 is 1.74. The van der Waals surface area contributed by atoms with Crippen LogP contribution in [0.4, 0.5) is 0 Å². The van der Waals surface area contributed by atoms with Crippen LogP contribution in [0.15, 0.2) is 47.6 Å². The molecule has 0 radical (unpaired) electrons. The second-order valence-electron chi connectivity index (χ2n) is 6.41. The van der Waals surface area contributed by atoms with Gasteiger partial charge in [-0.1, -0.05) is 12.1 Å². The summed E-state index contributed by atoms with van der Waals surface area (Å²) < 4.78 is 2.05. The molecule has 0 spiro atoms. The third-order valence-electron chi connectivity index (χ3n) is 4.76. The number of carbonyl (C=O) groups excluding carboxylic acids is 1. The minimum Gasteiger partial charge on any atom is -0.353 e. The van der Waals surface area contributed by atoms with Crippen LogP contribution in [0.5, 0.6) is 0 Å². The van der Waals surface area contributed by atoms with Gasteiger partial charge in [0.2, 0.25) is 5.91 Å². The number of hydrogen-bond donors (Lipinski definition) is 1. The Balaban J connectivity index is 1.39. The predicted molar refractivity (Wildman–Crippen MR) is 98.2 cm³/mol. The lowest BCUT2D eigenvalue weighted by atomic mass is 9.91. The summed E-state index contributed by atoms with van der Waals surface area (Å²) in [4.78, 5) is 13.4. The first-order chi connectivity index (χ1) is 11.7. The Morgan fingerprint density at radius 2 is 2.00 bits per heavy atom. The molecule has 2 aromatic rings. The number of aryl methyl sites for hydroxylation is 1. The molecular weight excluding hydrogens is 318 g/mol. The molecule has 1 aliphatic rings. The standard InChI is InChI=1S/C19H25N3OS/c1-24-18-10-3-15(4-11-18)5-12-19(23)21-16-6-8-17(9-7-16)22-14-2-13-20-22/h2-4,10-11,13-14,16-17H,5-9,12H2,1H3,(H,21,23). The average Bonchev–Trinajstić information content (AvgIpc) is 3.16.